The Morgan fingerprint density at radius 3 is 2.65 bits per heavy atom. The largest absolute Gasteiger partial charge is 0.494 e. The van der Waals surface area contributed by atoms with Crippen molar-refractivity contribution in [1.29, 1.82) is 0 Å². The maximum atomic E-state index is 12.1. The van der Waals surface area contributed by atoms with Gasteiger partial charge in [-0.1, -0.05) is 23.7 Å². The Balaban J connectivity index is 1.96. The Morgan fingerprint density at radius 1 is 1.20 bits per heavy atom. The van der Waals surface area contributed by atoms with Crippen LogP contribution in [0.4, 0.5) is 0 Å². The molecule has 0 saturated heterocycles. The first kappa shape index (κ1) is 13.2. The fourth-order valence-corrected chi connectivity index (χ4v) is 2.92. The maximum Gasteiger partial charge on any atom is 0.164 e. The first-order valence-electron chi connectivity index (χ1n) is 6.74. The molecule has 3 heteroatoms. The average Bonchev–Trinajstić information content (AvgIpc) is 2.77. The van der Waals surface area contributed by atoms with E-state index in [0.29, 0.717) is 18.1 Å². The molecule has 0 radical (unpaired) electrons. The molecule has 3 rings (SSSR count). The normalized spacial score (nSPS) is 17.1. The van der Waals surface area contributed by atoms with Crippen LogP contribution in [-0.4, -0.2) is 12.4 Å². The molecular weight excluding hydrogens is 272 g/mol. The van der Waals surface area contributed by atoms with E-state index in [1.54, 1.807) is 6.07 Å². The van der Waals surface area contributed by atoms with Crippen molar-refractivity contribution in [3.63, 3.8) is 0 Å². The lowest BCUT2D eigenvalue weighted by Gasteiger charge is -2.12. The lowest BCUT2D eigenvalue weighted by atomic mass is 9.93. The quantitative estimate of drug-likeness (QED) is 0.833. The van der Waals surface area contributed by atoms with E-state index in [1.807, 2.05) is 43.3 Å². The van der Waals surface area contributed by atoms with Crippen LogP contribution in [0.1, 0.15) is 40.7 Å². The van der Waals surface area contributed by atoms with Crippen LogP contribution in [0.25, 0.3) is 0 Å². The van der Waals surface area contributed by atoms with Gasteiger partial charge in [0.1, 0.15) is 5.75 Å². The minimum absolute atomic E-state index is 0.104. The summed E-state index contributed by atoms with van der Waals surface area (Å²) in [7, 11) is 0. The first-order valence-corrected chi connectivity index (χ1v) is 7.12. The summed E-state index contributed by atoms with van der Waals surface area (Å²) in [5, 5.41) is 0.675. The number of Topliss-reactive ketones (excluding diaryl/α,β-unsaturated/α-hetero) is 1. The molecule has 1 aliphatic carbocycles. The Kier molecular flexibility index (Phi) is 3.49. The number of hydrogen-bond donors (Lipinski definition) is 0. The molecule has 0 amide bonds. The predicted molar refractivity (Wildman–Crippen MR) is 79.9 cm³/mol. The third-order valence-electron chi connectivity index (χ3n) is 3.67. The molecule has 2 aromatic carbocycles. The number of hydrogen-bond acceptors (Lipinski definition) is 2. The summed E-state index contributed by atoms with van der Waals surface area (Å²) >= 11 is 6.06. The van der Waals surface area contributed by atoms with Crippen LogP contribution in [0.3, 0.4) is 0 Å². The van der Waals surface area contributed by atoms with Crippen LogP contribution in [0.5, 0.6) is 5.75 Å². The highest BCUT2D eigenvalue weighted by atomic mass is 35.5. The second-order valence-electron chi connectivity index (χ2n) is 4.91. The van der Waals surface area contributed by atoms with Gasteiger partial charge >= 0.3 is 0 Å². The smallest absolute Gasteiger partial charge is 0.164 e. The van der Waals surface area contributed by atoms with E-state index in [-0.39, 0.29) is 11.7 Å². The second kappa shape index (κ2) is 5.29. The molecule has 0 heterocycles. The van der Waals surface area contributed by atoms with Gasteiger partial charge in [0.15, 0.2) is 5.78 Å². The number of carbonyl (C=O) groups excluding carboxylic acids is 1. The summed E-state index contributed by atoms with van der Waals surface area (Å²) < 4.78 is 5.45. The number of ether oxygens (including phenoxy) is 1. The molecule has 1 atom stereocenters. The van der Waals surface area contributed by atoms with Gasteiger partial charge in [0.05, 0.1) is 6.61 Å². The number of benzene rings is 2. The molecule has 0 N–H and O–H groups in total. The molecule has 1 unspecified atom stereocenters. The van der Waals surface area contributed by atoms with E-state index in [9.17, 15) is 4.79 Å². The van der Waals surface area contributed by atoms with Crippen molar-refractivity contribution in [2.24, 2.45) is 0 Å². The van der Waals surface area contributed by atoms with Crippen LogP contribution in [0, 0.1) is 0 Å². The predicted octanol–water partition coefficient (Wildman–Crippen LogP) is 4.46. The van der Waals surface area contributed by atoms with E-state index < -0.39 is 0 Å². The van der Waals surface area contributed by atoms with Gasteiger partial charge in [-0.2, -0.15) is 0 Å². The summed E-state index contributed by atoms with van der Waals surface area (Å²) in [5.74, 6) is 1.15. The maximum absolute atomic E-state index is 12.1. The SMILES string of the molecule is CCOc1ccc(C2CC(=O)c3ccc(Cl)cc32)cc1. The third kappa shape index (κ3) is 2.32. The summed E-state index contributed by atoms with van der Waals surface area (Å²) in [6.07, 6.45) is 0.518. The molecule has 20 heavy (non-hydrogen) atoms. The Labute approximate surface area is 123 Å². The van der Waals surface area contributed by atoms with Crippen LogP contribution in [0.15, 0.2) is 42.5 Å². The molecule has 0 aliphatic heterocycles. The van der Waals surface area contributed by atoms with Crippen LogP contribution in [0.2, 0.25) is 5.02 Å². The zero-order valence-corrected chi connectivity index (χ0v) is 12.0. The van der Waals surface area contributed by atoms with Gasteiger partial charge in [-0.05, 0) is 48.4 Å². The van der Waals surface area contributed by atoms with E-state index in [2.05, 4.69) is 0 Å². The molecule has 0 saturated carbocycles. The second-order valence-corrected chi connectivity index (χ2v) is 5.35. The van der Waals surface area contributed by atoms with Gasteiger partial charge in [0, 0.05) is 22.9 Å². The minimum atomic E-state index is 0.104. The van der Waals surface area contributed by atoms with Crippen molar-refractivity contribution in [2.75, 3.05) is 6.61 Å². The lowest BCUT2D eigenvalue weighted by Crippen LogP contribution is -1.97. The van der Waals surface area contributed by atoms with E-state index in [0.717, 1.165) is 22.4 Å². The topological polar surface area (TPSA) is 26.3 Å². The number of halogens is 1. The molecule has 102 valence electrons. The Bertz CT molecular complexity index is 647. The van der Waals surface area contributed by atoms with Crippen molar-refractivity contribution in [1.82, 2.24) is 0 Å². The van der Waals surface area contributed by atoms with Gasteiger partial charge in [-0.15, -0.1) is 0 Å². The highest BCUT2D eigenvalue weighted by molar-refractivity contribution is 6.30. The standard InChI is InChI=1S/C17H15ClO2/c1-2-20-13-6-3-11(4-7-13)15-10-17(19)14-8-5-12(18)9-16(14)15/h3-9,15H,2,10H2,1H3. The molecule has 0 aromatic heterocycles. The van der Waals surface area contributed by atoms with Crippen molar-refractivity contribution in [3.8, 4) is 5.75 Å². The zero-order valence-electron chi connectivity index (χ0n) is 11.2. The summed E-state index contributed by atoms with van der Waals surface area (Å²) in [6, 6.07) is 13.5. The summed E-state index contributed by atoms with van der Waals surface area (Å²) in [4.78, 5) is 12.1. The van der Waals surface area contributed by atoms with Crippen LogP contribution < -0.4 is 4.74 Å². The zero-order chi connectivity index (χ0) is 14.1. The van der Waals surface area contributed by atoms with Crippen molar-refractivity contribution >= 4 is 17.4 Å². The highest BCUT2D eigenvalue weighted by Gasteiger charge is 2.30. The molecule has 1 aliphatic rings. The van der Waals surface area contributed by atoms with Gasteiger partial charge in [-0.3, -0.25) is 4.79 Å². The third-order valence-corrected chi connectivity index (χ3v) is 3.91. The summed E-state index contributed by atoms with van der Waals surface area (Å²) in [5.41, 5.74) is 2.96. The van der Waals surface area contributed by atoms with Gasteiger partial charge in [0.2, 0.25) is 0 Å². The van der Waals surface area contributed by atoms with Gasteiger partial charge in [-0.25, -0.2) is 0 Å². The average molecular weight is 287 g/mol. The number of rotatable bonds is 3. The van der Waals surface area contributed by atoms with Crippen molar-refractivity contribution < 1.29 is 9.53 Å². The van der Waals surface area contributed by atoms with Crippen molar-refractivity contribution in [3.05, 3.63) is 64.2 Å². The highest BCUT2D eigenvalue weighted by Crippen LogP contribution is 2.39. The van der Waals surface area contributed by atoms with E-state index >= 15 is 0 Å². The molecule has 0 spiro atoms. The minimum Gasteiger partial charge on any atom is -0.494 e. The molecule has 2 aromatic rings. The molecule has 0 bridgehead atoms. The fraction of sp³-hybridized carbons (Fsp3) is 0.235. The fourth-order valence-electron chi connectivity index (χ4n) is 2.74. The Hall–Kier alpha value is -1.80. The first-order chi connectivity index (χ1) is 9.69. The molecular formula is C17H15ClO2. The molecule has 0 fully saturated rings. The monoisotopic (exact) mass is 286 g/mol. The van der Waals surface area contributed by atoms with Crippen LogP contribution in [-0.2, 0) is 0 Å². The van der Waals surface area contributed by atoms with Crippen LogP contribution >= 0.6 is 11.6 Å². The number of ketones is 1. The summed E-state index contributed by atoms with van der Waals surface area (Å²) in [6.45, 7) is 2.61. The number of fused-ring (bicyclic) bond motifs is 1. The van der Waals surface area contributed by atoms with Gasteiger partial charge in [0.25, 0.3) is 0 Å². The van der Waals surface area contributed by atoms with Gasteiger partial charge < -0.3 is 4.74 Å². The van der Waals surface area contributed by atoms with E-state index in [1.165, 1.54) is 0 Å². The number of carbonyl (C=O) groups is 1. The molecule has 2 nitrogen and oxygen atoms in total. The lowest BCUT2D eigenvalue weighted by molar-refractivity contribution is 0.0991. The van der Waals surface area contributed by atoms with Crippen molar-refractivity contribution in [2.45, 2.75) is 19.3 Å². The Morgan fingerprint density at radius 2 is 1.95 bits per heavy atom. The van der Waals surface area contributed by atoms with E-state index in [4.69, 9.17) is 16.3 Å².